The topological polar surface area (TPSA) is 3.24 Å². The summed E-state index contributed by atoms with van der Waals surface area (Å²) >= 11 is 0. The first-order valence-electron chi connectivity index (χ1n) is 3.00. The average molecular weight is 199 g/mol. The van der Waals surface area contributed by atoms with E-state index in [2.05, 4.69) is 24.9 Å². The summed E-state index contributed by atoms with van der Waals surface area (Å²) in [4.78, 5) is 2.08. The molecule has 9 heavy (non-hydrogen) atoms. The van der Waals surface area contributed by atoms with Crippen molar-refractivity contribution in [2.24, 2.45) is 0 Å². The van der Waals surface area contributed by atoms with Crippen LogP contribution < -0.4 is 0 Å². The first-order chi connectivity index (χ1) is 3.79. The molecular formula is C7H12NY-. The molecule has 0 aromatic rings. The molecule has 0 N–H and O–H groups in total. The van der Waals surface area contributed by atoms with Crippen LogP contribution in [0.4, 0.5) is 0 Å². The van der Waals surface area contributed by atoms with E-state index in [0.717, 1.165) is 13.1 Å². The van der Waals surface area contributed by atoms with Gasteiger partial charge in [0.15, 0.2) is 0 Å². The molecule has 0 fully saturated rings. The average Bonchev–Trinajstić information content (AvgIpc) is 1.77. The summed E-state index contributed by atoms with van der Waals surface area (Å²) in [6.45, 7) is 4.33. The van der Waals surface area contributed by atoms with Crippen molar-refractivity contribution in [3.8, 4) is 0 Å². The van der Waals surface area contributed by atoms with Gasteiger partial charge in [0.05, 0.1) is 0 Å². The maximum Gasteiger partial charge on any atom is 0 e. The summed E-state index contributed by atoms with van der Waals surface area (Å²) in [5.41, 5.74) is 1.50. The maximum atomic E-state index is 3.82. The van der Waals surface area contributed by atoms with Crippen LogP contribution in [0.1, 0.15) is 13.3 Å². The Morgan fingerprint density at radius 1 is 1.67 bits per heavy atom. The molecule has 0 aromatic heterocycles. The second kappa shape index (κ2) is 4.59. The van der Waals surface area contributed by atoms with Crippen LogP contribution >= 0.6 is 0 Å². The Balaban J connectivity index is 0.000000640. The Morgan fingerprint density at radius 2 is 2.33 bits per heavy atom. The van der Waals surface area contributed by atoms with E-state index in [1.54, 1.807) is 0 Å². The van der Waals surface area contributed by atoms with Crippen LogP contribution in [0.3, 0.4) is 0 Å². The van der Waals surface area contributed by atoms with Crippen molar-refractivity contribution in [1.82, 2.24) is 4.90 Å². The van der Waals surface area contributed by atoms with E-state index >= 15 is 0 Å². The molecule has 1 radical (unpaired) electrons. The monoisotopic (exact) mass is 199 g/mol. The molecule has 0 bridgehead atoms. The van der Waals surface area contributed by atoms with Crippen LogP contribution in [-0.4, -0.2) is 18.0 Å². The number of rotatable bonds is 0. The van der Waals surface area contributed by atoms with E-state index in [4.69, 9.17) is 0 Å². The van der Waals surface area contributed by atoms with Gasteiger partial charge in [-0.05, 0) is 26.4 Å². The molecule has 1 aliphatic heterocycles. The summed E-state index contributed by atoms with van der Waals surface area (Å²) in [7, 11) is 3.82. The zero-order valence-electron chi connectivity index (χ0n) is 5.93. The summed E-state index contributed by atoms with van der Waals surface area (Å²) in [5.74, 6) is 0. The molecule has 0 aliphatic carbocycles. The van der Waals surface area contributed by atoms with Gasteiger partial charge in [0.1, 0.15) is 0 Å². The molecule has 0 saturated carbocycles. The van der Waals surface area contributed by atoms with E-state index in [-0.39, 0.29) is 32.7 Å². The van der Waals surface area contributed by atoms with Gasteiger partial charge in [-0.3, -0.25) is 7.05 Å². The predicted molar refractivity (Wildman–Crippen MR) is 35.3 cm³/mol. The van der Waals surface area contributed by atoms with Gasteiger partial charge in [0.2, 0.25) is 0 Å². The minimum absolute atomic E-state index is 0. The SMILES string of the molecule is [CH2-]N1CC=C(C)CC1.[Y]. The summed E-state index contributed by atoms with van der Waals surface area (Å²) < 4.78 is 0. The minimum atomic E-state index is 0. The number of nitrogens with zero attached hydrogens (tertiary/aromatic N) is 1. The molecule has 0 spiro atoms. The fourth-order valence-corrected chi connectivity index (χ4v) is 0.813. The first-order valence-corrected chi connectivity index (χ1v) is 3.00. The van der Waals surface area contributed by atoms with Gasteiger partial charge >= 0.3 is 0 Å². The second-order valence-corrected chi connectivity index (χ2v) is 2.38. The van der Waals surface area contributed by atoms with Gasteiger partial charge < -0.3 is 4.90 Å². The van der Waals surface area contributed by atoms with Gasteiger partial charge in [0, 0.05) is 32.7 Å². The third kappa shape index (κ3) is 3.49. The Morgan fingerprint density at radius 3 is 2.67 bits per heavy atom. The summed E-state index contributed by atoms with van der Waals surface area (Å²) in [5, 5.41) is 0. The summed E-state index contributed by atoms with van der Waals surface area (Å²) in [6.07, 6.45) is 3.43. The molecule has 0 unspecified atom stereocenters. The van der Waals surface area contributed by atoms with Crippen molar-refractivity contribution in [2.75, 3.05) is 13.1 Å². The summed E-state index contributed by atoms with van der Waals surface area (Å²) in [6, 6.07) is 0. The van der Waals surface area contributed by atoms with Crippen LogP contribution in [-0.2, 0) is 32.7 Å². The van der Waals surface area contributed by atoms with Crippen molar-refractivity contribution in [1.29, 1.82) is 0 Å². The van der Waals surface area contributed by atoms with Gasteiger partial charge in [-0.15, -0.1) is 0 Å². The Kier molecular flexibility index (Phi) is 5.00. The molecule has 2 heteroatoms. The van der Waals surface area contributed by atoms with Gasteiger partial charge in [-0.1, -0.05) is 11.6 Å². The molecule has 49 valence electrons. The molecule has 0 aromatic carbocycles. The molecule has 0 saturated heterocycles. The smallest absolute Gasteiger partial charge is 0 e. The molecule has 1 nitrogen and oxygen atoms in total. The normalized spacial score (nSPS) is 20.4. The van der Waals surface area contributed by atoms with E-state index in [1.165, 1.54) is 12.0 Å². The number of hydrogen-bond donors (Lipinski definition) is 0. The quantitative estimate of drug-likeness (QED) is 0.421. The van der Waals surface area contributed by atoms with E-state index in [1.807, 2.05) is 0 Å². The van der Waals surface area contributed by atoms with Gasteiger partial charge in [-0.2, -0.15) is 0 Å². The Labute approximate surface area is 82.4 Å². The third-order valence-corrected chi connectivity index (χ3v) is 1.52. The molecule has 0 atom stereocenters. The molecular weight excluding hydrogens is 187 g/mol. The standard InChI is InChI=1S/C7H12N.Y/c1-7-3-5-8(2)6-4-7;/h3H,2,4-6H2,1H3;/q-1;. The minimum Gasteiger partial charge on any atom is -0.456 e. The van der Waals surface area contributed by atoms with E-state index < -0.39 is 0 Å². The second-order valence-electron chi connectivity index (χ2n) is 2.38. The van der Waals surface area contributed by atoms with E-state index in [9.17, 15) is 0 Å². The van der Waals surface area contributed by atoms with Crippen LogP contribution in [0, 0.1) is 7.05 Å². The van der Waals surface area contributed by atoms with Crippen LogP contribution in [0.5, 0.6) is 0 Å². The van der Waals surface area contributed by atoms with Crippen molar-refractivity contribution in [3.05, 3.63) is 18.7 Å². The molecule has 1 heterocycles. The molecule has 0 amide bonds. The van der Waals surface area contributed by atoms with E-state index in [0.29, 0.717) is 0 Å². The largest absolute Gasteiger partial charge is 0.456 e. The molecule has 1 rings (SSSR count). The Hall–Kier alpha value is 0.804. The van der Waals surface area contributed by atoms with Crippen molar-refractivity contribution >= 4 is 0 Å². The van der Waals surface area contributed by atoms with Gasteiger partial charge in [0.25, 0.3) is 0 Å². The first kappa shape index (κ1) is 9.80. The van der Waals surface area contributed by atoms with Crippen LogP contribution in [0.25, 0.3) is 0 Å². The fraction of sp³-hybridized carbons (Fsp3) is 0.571. The third-order valence-electron chi connectivity index (χ3n) is 1.52. The van der Waals surface area contributed by atoms with Crippen LogP contribution in [0.15, 0.2) is 11.6 Å². The Bertz CT molecular complexity index is 109. The zero-order chi connectivity index (χ0) is 5.98. The van der Waals surface area contributed by atoms with Crippen molar-refractivity contribution < 1.29 is 32.7 Å². The number of hydrogen-bond acceptors (Lipinski definition) is 1. The molecule has 1 aliphatic rings. The van der Waals surface area contributed by atoms with Crippen molar-refractivity contribution in [3.63, 3.8) is 0 Å². The fourth-order valence-electron chi connectivity index (χ4n) is 0.813. The predicted octanol–water partition coefficient (Wildman–Crippen LogP) is 1.43. The van der Waals surface area contributed by atoms with Crippen molar-refractivity contribution in [2.45, 2.75) is 13.3 Å². The van der Waals surface area contributed by atoms with Crippen LogP contribution in [0.2, 0.25) is 0 Å². The van der Waals surface area contributed by atoms with Gasteiger partial charge in [-0.25, -0.2) is 0 Å². The zero-order valence-corrected chi connectivity index (χ0v) is 8.77. The maximum absolute atomic E-state index is 3.82.